The Morgan fingerprint density at radius 2 is 2.46 bits per heavy atom. The van der Waals surface area contributed by atoms with Gasteiger partial charge in [0.05, 0.1) is 6.33 Å². The first kappa shape index (κ1) is 10.8. The zero-order valence-corrected chi connectivity index (χ0v) is 9.72. The summed E-state index contributed by atoms with van der Waals surface area (Å²) in [6.45, 7) is 0.732. The van der Waals surface area contributed by atoms with E-state index in [0.717, 1.165) is 13.0 Å². The van der Waals surface area contributed by atoms with Gasteiger partial charge in [-0.15, -0.1) is 11.6 Å². The Morgan fingerprint density at radius 3 is 3.15 bits per heavy atom. The lowest BCUT2D eigenvalue weighted by Crippen LogP contribution is -2.15. The zero-order chi connectivity index (χ0) is 9.68. The molecule has 0 fully saturated rings. The third kappa shape index (κ3) is 3.15. The van der Waals surface area contributed by atoms with Crippen LogP contribution in [-0.2, 0) is 0 Å². The molecule has 0 amide bonds. The van der Waals surface area contributed by atoms with Crippen molar-refractivity contribution in [3.63, 3.8) is 0 Å². The van der Waals surface area contributed by atoms with Gasteiger partial charge in [0.2, 0.25) is 0 Å². The lowest BCUT2D eigenvalue weighted by Gasteiger charge is -2.04. The maximum atomic E-state index is 11.1. The highest BCUT2D eigenvalue weighted by Gasteiger charge is 2.02. The molecule has 0 aliphatic carbocycles. The van der Waals surface area contributed by atoms with Crippen LogP contribution in [-0.4, -0.2) is 22.4 Å². The van der Waals surface area contributed by atoms with E-state index in [0.29, 0.717) is 15.3 Å². The van der Waals surface area contributed by atoms with E-state index >= 15 is 0 Å². The molecule has 0 bridgehead atoms. The number of H-pyrrole nitrogens is 1. The first-order chi connectivity index (χ1) is 6.25. The van der Waals surface area contributed by atoms with Gasteiger partial charge < -0.3 is 10.3 Å². The number of aromatic amines is 1. The summed E-state index contributed by atoms with van der Waals surface area (Å²) >= 11 is 7.46. The van der Waals surface area contributed by atoms with E-state index in [2.05, 4.69) is 15.3 Å². The molecule has 6 heteroatoms. The predicted molar refractivity (Wildman–Crippen MR) is 61.4 cm³/mol. The standard InChI is InChI=1S/C7H9ClIN3O/c8-2-1-3-10-6-5(9)7(13)12-4-11-6/h4H,1-3H2,(H2,10,11,12,13). The molecule has 0 aliphatic rings. The van der Waals surface area contributed by atoms with Crippen molar-refractivity contribution < 1.29 is 0 Å². The average molecular weight is 314 g/mol. The van der Waals surface area contributed by atoms with Crippen molar-refractivity contribution in [3.8, 4) is 0 Å². The highest BCUT2D eigenvalue weighted by molar-refractivity contribution is 14.1. The van der Waals surface area contributed by atoms with E-state index in [-0.39, 0.29) is 5.56 Å². The third-order valence-corrected chi connectivity index (χ3v) is 2.67. The highest BCUT2D eigenvalue weighted by atomic mass is 127. The van der Waals surface area contributed by atoms with Gasteiger partial charge in [0.1, 0.15) is 9.39 Å². The number of rotatable bonds is 4. The molecule has 13 heavy (non-hydrogen) atoms. The maximum absolute atomic E-state index is 11.1. The summed E-state index contributed by atoms with van der Waals surface area (Å²) in [6.07, 6.45) is 2.24. The van der Waals surface area contributed by atoms with Crippen LogP contribution in [0.2, 0.25) is 0 Å². The molecule has 1 aromatic heterocycles. The Hall–Kier alpha value is -0.300. The molecule has 0 unspecified atom stereocenters. The van der Waals surface area contributed by atoms with Crippen molar-refractivity contribution in [2.75, 3.05) is 17.7 Å². The summed E-state index contributed by atoms with van der Waals surface area (Å²) in [5.41, 5.74) is -0.121. The van der Waals surface area contributed by atoms with Crippen LogP contribution < -0.4 is 10.9 Å². The number of nitrogens with zero attached hydrogens (tertiary/aromatic N) is 1. The van der Waals surface area contributed by atoms with Crippen LogP contribution in [0.25, 0.3) is 0 Å². The summed E-state index contributed by atoms with van der Waals surface area (Å²) in [6, 6.07) is 0. The van der Waals surface area contributed by atoms with E-state index in [1.165, 1.54) is 6.33 Å². The van der Waals surface area contributed by atoms with E-state index in [4.69, 9.17) is 11.6 Å². The van der Waals surface area contributed by atoms with Gasteiger partial charge in [0, 0.05) is 12.4 Å². The molecule has 1 rings (SSSR count). The summed E-state index contributed by atoms with van der Waals surface area (Å²) < 4.78 is 0.578. The van der Waals surface area contributed by atoms with Gasteiger partial charge in [0.15, 0.2) is 0 Å². The molecule has 1 aromatic rings. The molecule has 0 saturated heterocycles. The highest BCUT2D eigenvalue weighted by Crippen LogP contribution is 2.08. The molecule has 0 aliphatic heterocycles. The Kier molecular flexibility index (Phi) is 4.51. The smallest absolute Gasteiger partial charge is 0.266 e. The van der Waals surface area contributed by atoms with Crippen molar-refractivity contribution in [2.24, 2.45) is 0 Å². The van der Waals surface area contributed by atoms with E-state index < -0.39 is 0 Å². The van der Waals surface area contributed by atoms with Crippen LogP contribution >= 0.6 is 34.2 Å². The fraction of sp³-hybridized carbons (Fsp3) is 0.429. The summed E-state index contributed by atoms with van der Waals surface area (Å²) in [4.78, 5) is 17.6. The fourth-order valence-electron chi connectivity index (χ4n) is 0.780. The minimum Gasteiger partial charge on any atom is -0.369 e. The Bertz CT molecular complexity index is 328. The average Bonchev–Trinajstić information content (AvgIpc) is 2.13. The maximum Gasteiger partial charge on any atom is 0.266 e. The van der Waals surface area contributed by atoms with Crippen molar-refractivity contribution in [1.82, 2.24) is 9.97 Å². The fourth-order valence-corrected chi connectivity index (χ4v) is 1.40. The topological polar surface area (TPSA) is 57.8 Å². The van der Waals surface area contributed by atoms with Crippen molar-refractivity contribution in [1.29, 1.82) is 0 Å². The van der Waals surface area contributed by atoms with Crippen molar-refractivity contribution in [2.45, 2.75) is 6.42 Å². The lowest BCUT2D eigenvalue weighted by molar-refractivity contribution is 0.963. The predicted octanol–water partition coefficient (Wildman–Crippen LogP) is 1.42. The molecule has 2 N–H and O–H groups in total. The summed E-state index contributed by atoms with van der Waals surface area (Å²) in [5.74, 6) is 1.22. The zero-order valence-electron chi connectivity index (χ0n) is 6.81. The molecule has 1 heterocycles. The van der Waals surface area contributed by atoms with Gasteiger partial charge in [0.25, 0.3) is 5.56 Å². The lowest BCUT2D eigenvalue weighted by atomic mass is 10.4. The molecule has 0 spiro atoms. The molecular formula is C7H9ClIN3O. The molecule has 0 saturated carbocycles. The number of hydrogen-bond donors (Lipinski definition) is 2. The Morgan fingerprint density at radius 1 is 1.69 bits per heavy atom. The van der Waals surface area contributed by atoms with E-state index in [1.54, 1.807) is 0 Å². The third-order valence-electron chi connectivity index (χ3n) is 1.40. The first-order valence-electron chi connectivity index (χ1n) is 3.78. The van der Waals surface area contributed by atoms with E-state index in [9.17, 15) is 4.79 Å². The minimum atomic E-state index is -0.121. The number of nitrogens with one attached hydrogen (secondary N) is 2. The quantitative estimate of drug-likeness (QED) is 0.502. The summed E-state index contributed by atoms with van der Waals surface area (Å²) in [7, 11) is 0. The van der Waals surface area contributed by atoms with E-state index in [1.807, 2.05) is 22.6 Å². The second kappa shape index (κ2) is 5.43. The summed E-state index contributed by atoms with van der Waals surface area (Å²) in [5, 5.41) is 3.03. The van der Waals surface area contributed by atoms with Crippen LogP contribution in [0.1, 0.15) is 6.42 Å². The number of hydrogen-bond acceptors (Lipinski definition) is 3. The van der Waals surface area contributed by atoms with Crippen molar-refractivity contribution >= 4 is 40.0 Å². The number of anilines is 1. The van der Waals surface area contributed by atoms with Crippen LogP contribution in [0.4, 0.5) is 5.82 Å². The van der Waals surface area contributed by atoms with Crippen LogP contribution in [0, 0.1) is 3.57 Å². The number of halogens is 2. The van der Waals surface area contributed by atoms with Gasteiger partial charge in [-0.3, -0.25) is 4.79 Å². The molecule has 72 valence electrons. The van der Waals surface area contributed by atoms with Gasteiger partial charge in [-0.1, -0.05) is 0 Å². The molecule has 0 aromatic carbocycles. The molecular weight excluding hydrogens is 304 g/mol. The second-order valence-electron chi connectivity index (χ2n) is 2.36. The van der Waals surface area contributed by atoms with Crippen LogP contribution in [0.15, 0.2) is 11.1 Å². The number of alkyl halides is 1. The minimum absolute atomic E-state index is 0.121. The molecule has 4 nitrogen and oxygen atoms in total. The van der Waals surface area contributed by atoms with Crippen LogP contribution in [0.5, 0.6) is 0 Å². The van der Waals surface area contributed by atoms with Crippen LogP contribution in [0.3, 0.4) is 0 Å². The van der Waals surface area contributed by atoms with Gasteiger partial charge in [-0.25, -0.2) is 4.98 Å². The molecule has 0 atom stereocenters. The normalized spacial score (nSPS) is 10.0. The Balaban J connectivity index is 2.66. The SMILES string of the molecule is O=c1[nH]cnc(NCCCCl)c1I. The first-order valence-corrected chi connectivity index (χ1v) is 5.40. The Labute approximate surface area is 94.2 Å². The number of aromatic nitrogens is 2. The largest absolute Gasteiger partial charge is 0.369 e. The van der Waals surface area contributed by atoms with Gasteiger partial charge in [-0.05, 0) is 29.0 Å². The van der Waals surface area contributed by atoms with Gasteiger partial charge >= 0.3 is 0 Å². The molecule has 0 radical (unpaired) electrons. The second-order valence-corrected chi connectivity index (χ2v) is 3.82. The monoisotopic (exact) mass is 313 g/mol. The van der Waals surface area contributed by atoms with Gasteiger partial charge in [-0.2, -0.15) is 0 Å². The van der Waals surface area contributed by atoms with Crippen molar-refractivity contribution in [3.05, 3.63) is 20.3 Å².